The van der Waals surface area contributed by atoms with Crippen LogP contribution < -0.4 is 14.8 Å². The van der Waals surface area contributed by atoms with Gasteiger partial charge in [-0.1, -0.05) is 0 Å². The maximum Gasteiger partial charge on any atom is 0.252 e. The zero-order valence-electron chi connectivity index (χ0n) is 14.4. The second kappa shape index (κ2) is 7.98. The van der Waals surface area contributed by atoms with Gasteiger partial charge < -0.3 is 24.1 Å². The number of benzene rings is 1. The van der Waals surface area contributed by atoms with Crippen LogP contribution in [-0.2, 0) is 11.3 Å². The number of nitrogens with zero attached hydrogens (tertiary/aromatic N) is 3. The fourth-order valence-corrected chi connectivity index (χ4v) is 2.68. The lowest BCUT2D eigenvalue weighted by molar-refractivity contribution is 0.0936. The van der Waals surface area contributed by atoms with E-state index >= 15 is 0 Å². The summed E-state index contributed by atoms with van der Waals surface area (Å²) < 4.78 is 18.0. The quantitative estimate of drug-likeness (QED) is 0.766. The van der Waals surface area contributed by atoms with Gasteiger partial charge >= 0.3 is 0 Å². The smallest absolute Gasteiger partial charge is 0.252 e. The molecule has 1 amide bonds. The summed E-state index contributed by atoms with van der Waals surface area (Å²) in [5.41, 5.74) is 0.515. The Morgan fingerprint density at radius 1 is 1.36 bits per heavy atom. The predicted molar refractivity (Wildman–Crippen MR) is 89.8 cm³/mol. The maximum atomic E-state index is 12.5. The summed E-state index contributed by atoms with van der Waals surface area (Å²) in [7, 11) is 1.67. The summed E-state index contributed by atoms with van der Waals surface area (Å²) >= 11 is 0. The van der Waals surface area contributed by atoms with Crippen molar-refractivity contribution in [1.82, 2.24) is 20.1 Å². The topological polar surface area (TPSA) is 87.5 Å². The largest absolute Gasteiger partial charge is 0.486 e. The summed E-state index contributed by atoms with van der Waals surface area (Å²) in [4.78, 5) is 12.5. The first kappa shape index (κ1) is 17.2. The van der Waals surface area contributed by atoms with Gasteiger partial charge in [0.1, 0.15) is 19.5 Å². The van der Waals surface area contributed by atoms with Crippen LogP contribution >= 0.6 is 0 Å². The highest BCUT2D eigenvalue weighted by Gasteiger charge is 2.19. The molecule has 0 unspecified atom stereocenters. The number of carbonyl (C=O) groups excluding carboxylic acids is 1. The number of fused-ring (bicyclic) bond motifs is 1. The molecule has 0 fully saturated rings. The first-order valence-electron chi connectivity index (χ1n) is 8.26. The van der Waals surface area contributed by atoms with E-state index in [0.717, 1.165) is 13.0 Å². The van der Waals surface area contributed by atoms with Gasteiger partial charge in [-0.2, -0.15) is 0 Å². The molecule has 2 aromatic rings. The Bertz CT molecular complexity index is 731. The van der Waals surface area contributed by atoms with Gasteiger partial charge in [-0.3, -0.25) is 4.79 Å². The summed E-state index contributed by atoms with van der Waals surface area (Å²) in [6, 6.07) is 4.89. The van der Waals surface area contributed by atoms with Crippen molar-refractivity contribution in [3.8, 4) is 11.5 Å². The Morgan fingerprint density at radius 3 is 2.96 bits per heavy atom. The fraction of sp³-hybridized carbons (Fsp3) is 0.471. The Labute approximate surface area is 146 Å². The number of amides is 1. The van der Waals surface area contributed by atoms with E-state index in [-0.39, 0.29) is 11.9 Å². The molecule has 0 saturated carbocycles. The van der Waals surface area contributed by atoms with Gasteiger partial charge in [0.15, 0.2) is 17.3 Å². The minimum absolute atomic E-state index is 0.198. The van der Waals surface area contributed by atoms with Gasteiger partial charge in [-0.25, -0.2) is 0 Å². The SMILES string of the molecule is COCCCn1cnnc1[C@@H](C)NC(=O)c1ccc2c(c1)OCCO2. The second-order valence-corrected chi connectivity index (χ2v) is 5.78. The summed E-state index contributed by atoms with van der Waals surface area (Å²) in [6.07, 6.45) is 2.52. The van der Waals surface area contributed by atoms with Crippen LogP contribution in [0.25, 0.3) is 0 Å². The van der Waals surface area contributed by atoms with Crippen molar-refractivity contribution < 1.29 is 19.0 Å². The van der Waals surface area contributed by atoms with Crippen LogP contribution in [0.5, 0.6) is 11.5 Å². The number of hydrogen-bond donors (Lipinski definition) is 1. The zero-order valence-corrected chi connectivity index (χ0v) is 14.4. The van der Waals surface area contributed by atoms with Crippen LogP contribution in [0.3, 0.4) is 0 Å². The monoisotopic (exact) mass is 346 g/mol. The molecule has 0 radical (unpaired) electrons. The Balaban J connectivity index is 1.66. The van der Waals surface area contributed by atoms with E-state index in [2.05, 4.69) is 15.5 Å². The van der Waals surface area contributed by atoms with Crippen molar-refractivity contribution >= 4 is 5.91 Å². The van der Waals surface area contributed by atoms with Crippen LogP contribution in [0, 0.1) is 0 Å². The fourth-order valence-electron chi connectivity index (χ4n) is 2.68. The molecule has 2 heterocycles. The molecule has 0 bridgehead atoms. The molecular formula is C17H22N4O4. The lowest BCUT2D eigenvalue weighted by Crippen LogP contribution is -2.29. The molecule has 0 aliphatic carbocycles. The number of methoxy groups -OCH3 is 1. The number of rotatable bonds is 7. The van der Waals surface area contributed by atoms with Crippen molar-refractivity contribution in [2.24, 2.45) is 0 Å². The summed E-state index contributed by atoms with van der Waals surface area (Å²) in [5, 5.41) is 11.0. The van der Waals surface area contributed by atoms with Crippen molar-refractivity contribution in [2.45, 2.75) is 25.9 Å². The Hall–Kier alpha value is -2.61. The number of aryl methyl sites for hydroxylation is 1. The van der Waals surface area contributed by atoms with Crippen LogP contribution in [0.1, 0.15) is 35.6 Å². The van der Waals surface area contributed by atoms with E-state index in [1.54, 1.807) is 31.6 Å². The van der Waals surface area contributed by atoms with Crippen LogP contribution in [-0.4, -0.2) is 47.6 Å². The van der Waals surface area contributed by atoms with E-state index in [1.807, 2.05) is 11.5 Å². The highest BCUT2D eigenvalue weighted by molar-refractivity contribution is 5.95. The third kappa shape index (κ3) is 4.08. The highest BCUT2D eigenvalue weighted by Crippen LogP contribution is 2.30. The Kier molecular flexibility index (Phi) is 5.49. The van der Waals surface area contributed by atoms with Crippen molar-refractivity contribution in [3.63, 3.8) is 0 Å². The molecule has 1 atom stereocenters. The summed E-state index contributed by atoms with van der Waals surface area (Å²) in [6.45, 7) is 4.29. The molecule has 1 aliphatic heterocycles. The zero-order chi connectivity index (χ0) is 17.6. The number of carbonyl (C=O) groups is 1. The van der Waals surface area contributed by atoms with Crippen molar-refractivity contribution in [1.29, 1.82) is 0 Å². The normalized spacial score (nSPS) is 14.2. The van der Waals surface area contributed by atoms with Crippen molar-refractivity contribution in [3.05, 3.63) is 35.9 Å². The first-order chi connectivity index (χ1) is 12.2. The van der Waals surface area contributed by atoms with Gasteiger partial charge in [0, 0.05) is 25.8 Å². The van der Waals surface area contributed by atoms with E-state index in [9.17, 15) is 4.79 Å². The van der Waals surface area contributed by atoms with Crippen LogP contribution in [0.4, 0.5) is 0 Å². The van der Waals surface area contributed by atoms with E-state index in [0.29, 0.717) is 42.7 Å². The molecule has 0 saturated heterocycles. The highest BCUT2D eigenvalue weighted by atomic mass is 16.6. The average molecular weight is 346 g/mol. The maximum absolute atomic E-state index is 12.5. The molecule has 3 rings (SSSR count). The van der Waals surface area contributed by atoms with Gasteiger partial charge in [0.05, 0.1) is 6.04 Å². The third-order valence-electron chi connectivity index (χ3n) is 3.93. The Morgan fingerprint density at radius 2 is 2.16 bits per heavy atom. The predicted octanol–water partition coefficient (Wildman–Crippen LogP) is 1.58. The van der Waals surface area contributed by atoms with Crippen LogP contribution in [0.15, 0.2) is 24.5 Å². The lowest BCUT2D eigenvalue weighted by Gasteiger charge is -2.19. The molecule has 134 valence electrons. The number of aromatic nitrogens is 3. The standard InChI is InChI=1S/C17H22N4O4/c1-12(16-20-18-11-21(16)6-3-7-23-2)19-17(22)13-4-5-14-15(10-13)25-9-8-24-14/h4-5,10-12H,3,6-9H2,1-2H3,(H,19,22)/t12-/m1/s1. The number of nitrogens with one attached hydrogen (secondary N) is 1. The van der Waals surface area contributed by atoms with Gasteiger partial charge in [-0.15, -0.1) is 10.2 Å². The van der Waals surface area contributed by atoms with Crippen molar-refractivity contribution in [2.75, 3.05) is 26.9 Å². The molecule has 1 aliphatic rings. The minimum atomic E-state index is -0.272. The number of hydrogen-bond acceptors (Lipinski definition) is 6. The molecule has 8 nitrogen and oxygen atoms in total. The lowest BCUT2D eigenvalue weighted by atomic mass is 10.1. The molecule has 1 aromatic heterocycles. The molecule has 25 heavy (non-hydrogen) atoms. The minimum Gasteiger partial charge on any atom is -0.486 e. The molecule has 0 spiro atoms. The van der Waals surface area contributed by atoms with E-state index in [4.69, 9.17) is 14.2 Å². The van der Waals surface area contributed by atoms with E-state index < -0.39 is 0 Å². The molecular weight excluding hydrogens is 324 g/mol. The molecule has 8 heteroatoms. The van der Waals surface area contributed by atoms with Gasteiger partial charge in [0.2, 0.25) is 0 Å². The second-order valence-electron chi connectivity index (χ2n) is 5.78. The third-order valence-corrected chi connectivity index (χ3v) is 3.93. The van der Waals surface area contributed by atoms with Gasteiger partial charge in [0.25, 0.3) is 5.91 Å². The summed E-state index contributed by atoms with van der Waals surface area (Å²) in [5.74, 6) is 1.76. The van der Waals surface area contributed by atoms with Gasteiger partial charge in [-0.05, 0) is 31.5 Å². The number of ether oxygens (including phenoxy) is 3. The van der Waals surface area contributed by atoms with E-state index in [1.165, 1.54) is 0 Å². The van der Waals surface area contributed by atoms with Crippen LogP contribution in [0.2, 0.25) is 0 Å². The molecule has 1 aromatic carbocycles. The average Bonchev–Trinajstić information content (AvgIpc) is 3.10. The first-order valence-corrected chi connectivity index (χ1v) is 8.26. The molecule has 1 N–H and O–H groups in total.